The second kappa shape index (κ2) is 13.7. The Balaban J connectivity index is 1.30. The van der Waals surface area contributed by atoms with Gasteiger partial charge in [-0.25, -0.2) is 4.79 Å². The topological polar surface area (TPSA) is 114 Å². The first-order valence-corrected chi connectivity index (χ1v) is 14.2. The van der Waals surface area contributed by atoms with Crippen LogP contribution in [-0.2, 0) is 31.9 Å². The number of fused-ring (bicyclic) bond motifs is 3. The molecule has 5 rings (SSSR count). The largest absolute Gasteiger partial charge is 0.508 e. The van der Waals surface area contributed by atoms with E-state index in [0.29, 0.717) is 6.42 Å². The van der Waals surface area contributed by atoms with Crippen LogP contribution in [0.3, 0.4) is 0 Å². The highest BCUT2D eigenvalue weighted by atomic mass is 16.5. The molecule has 0 aliphatic heterocycles. The molecule has 0 spiro atoms. The highest BCUT2D eigenvalue weighted by Gasteiger charge is 2.30. The maximum Gasteiger partial charge on any atom is 0.407 e. The molecule has 220 valence electrons. The van der Waals surface area contributed by atoms with E-state index in [-0.39, 0.29) is 31.3 Å². The summed E-state index contributed by atoms with van der Waals surface area (Å²) in [7, 11) is 0. The van der Waals surface area contributed by atoms with Crippen molar-refractivity contribution in [2.24, 2.45) is 0 Å². The summed E-state index contributed by atoms with van der Waals surface area (Å²) in [5.74, 6) is -0.931. The number of ether oxygens (including phenoxy) is 2. The van der Waals surface area contributed by atoms with Crippen LogP contribution in [0.25, 0.3) is 11.1 Å². The Morgan fingerprint density at radius 1 is 0.721 bits per heavy atom. The monoisotopic (exact) mass is 578 g/mol. The van der Waals surface area contributed by atoms with Gasteiger partial charge in [0.05, 0.1) is 6.04 Å². The van der Waals surface area contributed by atoms with Crippen LogP contribution in [0, 0.1) is 0 Å². The lowest BCUT2D eigenvalue weighted by atomic mass is 9.98. The summed E-state index contributed by atoms with van der Waals surface area (Å²) < 4.78 is 10.9. The Kier molecular flexibility index (Phi) is 9.36. The summed E-state index contributed by atoms with van der Waals surface area (Å²) in [5.41, 5.74) is 6.10. The first-order valence-electron chi connectivity index (χ1n) is 14.2. The summed E-state index contributed by atoms with van der Waals surface area (Å²) in [6, 6.07) is 30.6. The van der Waals surface area contributed by atoms with Crippen LogP contribution in [-0.4, -0.2) is 48.4 Å². The Hall–Kier alpha value is -5.11. The van der Waals surface area contributed by atoms with Gasteiger partial charge in [-0.1, -0.05) is 91.0 Å². The van der Waals surface area contributed by atoms with Gasteiger partial charge in [0.1, 0.15) is 25.0 Å². The van der Waals surface area contributed by atoms with Gasteiger partial charge in [0.15, 0.2) is 0 Å². The van der Waals surface area contributed by atoms with E-state index >= 15 is 0 Å². The maximum atomic E-state index is 13.6. The van der Waals surface area contributed by atoms with Crippen molar-refractivity contribution in [3.05, 3.63) is 125 Å². The van der Waals surface area contributed by atoms with E-state index in [0.717, 1.165) is 33.4 Å². The Labute approximate surface area is 250 Å². The van der Waals surface area contributed by atoms with Gasteiger partial charge < -0.3 is 25.2 Å². The van der Waals surface area contributed by atoms with E-state index in [1.807, 2.05) is 66.7 Å². The molecular weight excluding hydrogens is 544 g/mol. The predicted molar refractivity (Wildman–Crippen MR) is 163 cm³/mol. The number of phenolic OH excluding ortho intramolecular Hbond substituents is 1. The lowest BCUT2D eigenvalue weighted by molar-refractivity contribution is -0.142. The van der Waals surface area contributed by atoms with Crippen LogP contribution in [0.15, 0.2) is 103 Å². The van der Waals surface area contributed by atoms with Gasteiger partial charge in [0.25, 0.3) is 0 Å². The third-order valence-electron chi connectivity index (χ3n) is 7.49. The van der Waals surface area contributed by atoms with Crippen LogP contribution in [0.4, 0.5) is 4.79 Å². The van der Waals surface area contributed by atoms with Gasteiger partial charge in [0, 0.05) is 19.3 Å². The number of amides is 2. The normalized spacial score (nSPS) is 13.2. The Bertz CT molecular complexity index is 1530. The van der Waals surface area contributed by atoms with Crippen molar-refractivity contribution in [1.82, 2.24) is 10.6 Å². The molecule has 0 saturated heterocycles. The Morgan fingerprint density at radius 3 is 1.93 bits per heavy atom. The van der Waals surface area contributed by atoms with Crippen molar-refractivity contribution < 1.29 is 29.0 Å². The predicted octanol–water partition coefficient (Wildman–Crippen LogP) is 5.13. The van der Waals surface area contributed by atoms with E-state index in [9.17, 15) is 19.5 Å². The number of nitrogens with one attached hydrogen (secondary N) is 2. The number of esters is 1. The fraction of sp³-hybridized carbons (Fsp3) is 0.229. The van der Waals surface area contributed by atoms with E-state index < -0.39 is 30.1 Å². The number of hydrogen-bond donors (Lipinski definition) is 3. The van der Waals surface area contributed by atoms with Crippen molar-refractivity contribution in [3.63, 3.8) is 0 Å². The first kappa shape index (κ1) is 29.4. The molecule has 2 amide bonds. The molecule has 0 bridgehead atoms. The van der Waals surface area contributed by atoms with Crippen molar-refractivity contribution in [2.75, 3.05) is 13.2 Å². The highest BCUT2D eigenvalue weighted by Crippen LogP contribution is 2.44. The van der Waals surface area contributed by atoms with Crippen LogP contribution in [0.1, 0.15) is 35.1 Å². The molecule has 4 aromatic carbocycles. The van der Waals surface area contributed by atoms with Crippen molar-refractivity contribution in [3.8, 4) is 16.9 Å². The summed E-state index contributed by atoms with van der Waals surface area (Å²) in [6.45, 7) is 1.40. The molecule has 4 aromatic rings. The van der Waals surface area contributed by atoms with E-state index in [1.165, 1.54) is 19.1 Å². The minimum atomic E-state index is -0.990. The average Bonchev–Trinajstić information content (AvgIpc) is 3.33. The number of carbonyl (C=O) groups is 3. The molecule has 0 aromatic heterocycles. The molecule has 0 saturated carbocycles. The van der Waals surface area contributed by atoms with Gasteiger partial charge >= 0.3 is 12.1 Å². The molecule has 0 fully saturated rings. The second-order valence-corrected chi connectivity index (χ2v) is 10.6. The molecule has 8 nitrogen and oxygen atoms in total. The van der Waals surface area contributed by atoms with E-state index in [1.54, 1.807) is 12.1 Å². The van der Waals surface area contributed by atoms with Gasteiger partial charge in [-0.2, -0.15) is 0 Å². The SMILES string of the molecule is CC(=O)OC[C@H](Cc1ccccc1)NC(=O)[C@H](Cc1ccc(O)cc1)NC(=O)OCC1c2ccccc2-c2ccccc21. The van der Waals surface area contributed by atoms with Gasteiger partial charge in [-0.3, -0.25) is 9.59 Å². The van der Waals surface area contributed by atoms with Crippen LogP contribution in [0.5, 0.6) is 5.75 Å². The van der Waals surface area contributed by atoms with Crippen molar-refractivity contribution in [2.45, 2.75) is 37.8 Å². The Morgan fingerprint density at radius 2 is 1.30 bits per heavy atom. The summed E-state index contributed by atoms with van der Waals surface area (Å²) in [6.07, 6.45) is -0.140. The van der Waals surface area contributed by atoms with Gasteiger partial charge in [-0.15, -0.1) is 0 Å². The zero-order valence-electron chi connectivity index (χ0n) is 23.9. The van der Waals surface area contributed by atoms with E-state index in [2.05, 4.69) is 22.8 Å². The summed E-state index contributed by atoms with van der Waals surface area (Å²) in [4.78, 5) is 38.3. The van der Waals surface area contributed by atoms with Crippen LogP contribution in [0.2, 0.25) is 0 Å². The van der Waals surface area contributed by atoms with Crippen molar-refractivity contribution in [1.29, 1.82) is 0 Å². The third kappa shape index (κ3) is 7.60. The molecular formula is C35H34N2O6. The maximum absolute atomic E-state index is 13.6. The van der Waals surface area contributed by atoms with Gasteiger partial charge in [-0.05, 0) is 51.9 Å². The molecule has 0 unspecified atom stereocenters. The average molecular weight is 579 g/mol. The molecule has 43 heavy (non-hydrogen) atoms. The number of phenols is 1. The molecule has 1 aliphatic rings. The number of rotatable bonds is 11. The standard InChI is InChI=1S/C35H34N2O6/c1-23(38)42-21-26(19-24-9-3-2-4-10-24)36-34(40)33(20-25-15-17-27(39)18-16-25)37-35(41)43-22-32-30-13-7-5-11-28(30)29-12-6-8-14-31(29)32/h2-18,26,32-33,39H,19-22H2,1H3,(H,36,40)(H,37,41)/t26-,33-/m0/s1. The fourth-order valence-electron chi connectivity index (χ4n) is 5.43. The minimum absolute atomic E-state index is 0.0210. The third-order valence-corrected chi connectivity index (χ3v) is 7.49. The van der Waals surface area contributed by atoms with Crippen LogP contribution < -0.4 is 10.6 Å². The number of alkyl carbamates (subject to hydrolysis) is 1. The quantitative estimate of drug-likeness (QED) is 0.213. The first-order chi connectivity index (χ1) is 20.9. The molecule has 0 radical (unpaired) electrons. The molecule has 8 heteroatoms. The molecule has 0 heterocycles. The molecule has 1 aliphatic carbocycles. The fourth-order valence-corrected chi connectivity index (χ4v) is 5.43. The number of benzene rings is 4. The van der Waals surface area contributed by atoms with Crippen molar-refractivity contribution >= 4 is 18.0 Å². The minimum Gasteiger partial charge on any atom is -0.508 e. The molecule has 2 atom stereocenters. The second-order valence-electron chi connectivity index (χ2n) is 10.6. The lowest BCUT2D eigenvalue weighted by Crippen LogP contribution is -2.52. The number of carbonyl (C=O) groups excluding carboxylic acids is 3. The summed E-state index contributed by atoms with van der Waals surface area (Å²) >= 11 is 0. The number of hydrogen-bond acceptors (Lipinski definition) is 6. The summed E-state index contributed by atoms with van der Waals surface area (Å²) in [5, 5.41) is 15.4. The van der Waals surface area contributed by atoms with Gasteiger partial charge in [0.2, 0.25) is 5.91 Å². The molecule has 3 N–H and O–H groups in total. The van der Waals surface area contributed by atoms with Crippen LogP contribution >= 0.6 is 0 Å². The zero-order valence-corrected chi connectivity index (χ0v) is 23.9. The van der Waals surface area contributed by atoms with E-state index in [4.69, 9.17) is 9.47 Å². The lowest BCUT2D eigenvalue weighted by Gasteiger charge is -2.24. The smallest absolute Gasteiger partial charge is 0.407 e. The number of aromatic hydroxyl groups is 1. The zero-order chi connectivity index (χ0) is 30.2. The highest BCUT2D eigenvalue weighted by molar-refractivity contribution is 5.86.